The Labute approximate surface area is 151 Å². The number of imide groups is 1. The summed E-state index contributed by atoms with van der Waals surface area (Å²) >= 11 is 0. The standard InChI is InChI=1S/C18H22N4O4/c1-12-7-9-18(10-8-12)16(25)22(17(26)20-18)21-14(23)11-19-15(24)13-5-3-2-4-6-13/h2-6,12H,7-11H2,1H3,(H,19,24)(H,20,26)(H,21,23). The van der Waals surface area contributed by atoms with Crippen molar-refractivity contribution >= 4 is 23.8 Å². The SMILES string of the molecule is CC1CCC2(CC1)NC(=O)N(NC(=O)CNC(=O)c1ccccc1)C2=O. The van der Waals surface area contributed by atoms with E-state index in [1.165, 1.54) is 0 Å². The Morgan fingerprint density at radius 2 is 1.85 bits per heavy atom. The van der Waals surface area contributed by atoms with Gasteiger partial charge in [-0.05, 0) is 43.7 Å². The first-order chi connectivity index (χ1) is 12.4. The Morgan fingerprint density at radius 3 is 2.50 bits per heavy atom. The van der Waals surface area contributed by atoms with Crippen LogP contribution in [0.15, 0.2) is 30.3 Å². The second-order valence-electron chi connectivity index (χ2n) is 6.92. The van der Waals surface area contributed by atoms with Gasteiger partial charge in [0.2, 0.25) is 0 Å². The summed E-state index contributed by atoms with van der Waals surface area (Å²) < 4.78 is 0. The van der Waals surface area contributed by atoms with E-state index in [1.54, 1.807) is 30.3 Å². The summed E-state index contributed by atoms with van der Waals surface area (Å²) in [5.41, 5.74) is 1.80. The minimum absolute atomic E-state index is 0.338. The van der Waals surface area contributed by atoms with E-state index in [9.17, 15) is 19.2 Å². The van der Waals surface area contributed by atoms with Gasteiger partial charge in [0.1, 0.15) is 5.54 Å². The van der Waals surface area contributed by atoms with Crippen molar-refractivity contribution in [2.24, 2.45) is 5.92 Å². The molecule has 138 valence electrons. The molecule has 1 saturated carbocycles. The summed E-state index contributed by atoms with van der Waals surface area (Å²) in [4.78, 5) is 48.7. The number of nitrogens with one attached hydrogen (secondary N) is 3. The molecule has 2 fully saturated rings. The lowest BCUT2D eigenvalue weighted by atomic mass is 9.77. The van der Waals surface area contributed by atoms with Crippen molar-refractivity contribution in [2.45, 2.75) is 38.1 Å². The summed E-state index contributed by atoms with van der Waals surface area (Å²) in [6, 6.07) is 7.83. The van der Waals surface area contributed by atoms with Crippen molar-refractivity contribution in [3.63, 3.8) is 0 Å². The molecule has 2 aliphatic rings. The predicted molar refractivity (Wildman–Crippen MR) is 92.7 cm³/mol. The minimum Gasteiger partial charge on any atom is -0.343 e. The lowest BCUT2D eigenvalue weighted by Gasteiger charge is -2.33. The monoisotopic (exact) mass is 358 g/mol. The summed E-state index contributed by atoms with van der Waals surface area (Å²) in [6.07, 6.45) is 2.83. The molecule has 8 heteroatoms. The topological polar surface area (TPSA) is 108 Å². The van der Waals surface area contributed by atoms with E-state index in [0.717, 1.165) is 17.9 Å². The molecule has 0 bridgehead atoms. The highest BCUT2D eigenvalue weighted by Gasteiger charge is 2.52. The maximum absolute atomic E-state index is 12.6. The van der Waals surface area contributed by atoms with Gasteiger partial charge in [0, 0.05) is 5.56 Å². The van der Waals surface area contributed by atoms with Crippen molar-refractivity contribution in [3.05, 3.63) is 35.9 Å². The number of amides is 5. The van der Waals surface area contributed by atoms with Gasteiger partial charge in [-0.15, -0.1) is 0 Å². The van der Waals surface area contributed by atoms with Crippen LogP contribution in [0.1, 0.15) is 43.0 Å². The summed E-state index contributed by atoms with van der Waals surface area (Å²) in [6.45, 7) is 1.78. The van der Waals surface area contributed by atoms with E-state index in [2.05, 4.69) is 23.0 Å². The molecule has 0 atom stereocenters. The molecule has 1 aliphatic heterocycles. The summed E-state index contributed by atoms with van der Waals surface area (Å²) in [7, 11) is 0. The number of carbonyl (C=O) groups excluding carboxylic acids is 4. The first-order valence-corrected chi connectivity index (χ1v) is 8.71. The van der Waals surface area contributed by atoms with E-state index in [0.29, 0.717) is 24.3 Å². The average Bonchev–Trinajstić information content (AvgIpc) is 2.87. The normalized spacial score (nSPS) is 25.1. The first kappa shape index (κ1) is 17.9. The Hall–Kier alpha value is -2.90. The molecule has 1 aromatic carbocycles. The minimum atomic E-state index is -0.913. The van der Waals surface area contributed by atoms with Crippen molar-refractivity contribution in [1.82, 2.24) is 21.1 Å². The number of nitrogens with zero attached hydrogens (tertiary/aromatic N) is 1. The van der Waals surface area contributed by atoms with Gasteiger partial charge in [0.15, 0.2) is 0 Å². The highest BCUT2D eigenvalue weighted by atomic mass is 16.2. The molecule has 1 aromatic rings. The van der Waals surface area contributed by atoms with Gasteiger partial charge in [0.05, 0.1) is 6.54 Å². The van der Waals surface area contributed by atoms with Crippen LogP contribution in [0.2, 0.25) is 0 Å². The van der Waals surface area contributed by atoms with Gasteiger partial charge in [-0.2, -0.15) is 5.01 Å². The Kier molecular flexibility index (Phi) is 4.92. The molecule has 5 amide bonds. The quantitative estimate of drug-likeness (QED) is 0.697. The fourth-order valence-electron chi connectivity index (χ4n) is 3.33. The molecule has 1 spiro atoms. The van der Waals surface area contributed by atoms with E-state index < -0.39 is 29.3 Å². The van der Waals surface area contributed by atoms with Crippen molar-refractivity contribution < 1.29 is 19.2 Å². The molecular weight excluding hydrogens is 336 g/mol. The number of rotatable bonds is 4. The number of carbonyl (C=O) groups is 4. The molecule has 26 heavy (non-hydrogen) atoms. The molecule has 8 nitrogen and oxygen atoms in total. The van der Waals surface area contributed by atoms with E-state index in [1.807, 2.05) is 0 Å². The Morgan fingerprint density at radius 1 is 1.19 bits per heavy atom. The van der Waals surface area contributed by atoms with Gasteiger partial charge in [0.25, 0.3) is 17.7 Å². The molecular formula is C18H22N4O4. The van der Waals surface area contributed by atoms with Crippen LogP contribution in [0, 0.1) is 5.92 Å². The molecule has 1 saturated heterocycles. The van der Waals surface area contributed by atoms with Crippen LogP contribution in [-0.2, 0) is 9.59 Å². The van der Waals surface area contributed by atoms with Gasteiger partial charge >= 0.3 is 6.03 Å². The largest absolute Gasteiger partial charge is 0.344 e. The first-order valence-electron chi connectivity index (χ1n) is 8.71. The van der Waals surface area contributed by atoms with E-state index in [-0.39, 0.29) is 6.54 Å². The summed E-state index contributed by atoms with van der Waals surface area (Å²) in [5.74, 6) is -0.964. The highest BCUT2D eigenvalue weighted by molar-refractivity contribution is 6.08. The van der Waals surface area contributed by atoms with Crippen molar-refractivity contribution in [1.29, 1.82) is 0 Å². The van der Waals surface area contributed by atoms with Crippen LogP contribution in [0.3, 0.4) is 0 Å². The molecule has 0 radical (unpaired) electrons. The van der Waals surface area contributed by atoms with Crippen LogP contribution in [-0.4, -0.2) is 40.8 Å². The third-order valence-corrected chi connectivity index (χ3v) is 4.97. The number of urea groups is 1. The fourth-order valence-corrected chi connectivity index (χ4v) is 3.33. The number of hydrogen-bond donors (Lipinski definition) is 3. The maximum Gasteiger partial charge on any atom is 0.344 e. The lowest BCUT2D eigenvalue weighted by molar-refractivity contribution is -0.139. The number of hydrazine groups is 1. The highest BCUT2D eigenvalue weighted by Crippen LogP contribution is 2.35. The Bertz CT molecular complexity index is 726. The molecule has 0 aromatic heterocycles. The van der Waals surface area contributed by atoms with Crippen LogP contribution >= 0.6 is 0 Å². The second-order valence-corrected chi connectivity index (χ2v) is 6.92. The molecule has 0 unspecified atom stereocenters. The van der Waals surface area contributed by atoms with Crippen LogP contribution in [0.4, 0.5) is 4.79 Å². The third kappa shape index (κ3) is 3.54. The maximum atomic E-state index is 12.6. The zero-order chi connectivity index (χ0) is 18.7. The lowest BCUT2D eigenvalue weighted by Crippen LogP contribution is -2.52. The second kappa shape index (κ2) is 7.15. The Balaban J connectivity index is 1.55. The molecule has 1 heterocycles. The third-order valence-electron chi connectivity index (χ3n) is 4.97. The molecule has 3 rings (SSSR count). The number of hydrogen-bond acceptors (Lipinski definition) is 4. The van der Waals surface area contributed by atoms with Crippen LogP contribution < -0.4 is 16.1 Å². The van der Waals surface area contributed by atoms with Gasteiger partial charge in [-0.25, -0.2) is 4.79 Å². The molecule has 3 N–H and O–H groups in total. The van der Waals surface area contributed by atoms with Gasteiger partial charge in [-0.1, -0.05) is 25.1 Å². The fraction of sp³-hybridized carbons (Fsp3) is 0.444. The van der Waals surface area contributed by atoms with Crippen LogP contribution in [0.25, 0.3) is 0 Å². The average molecular weight is 358 g/mol. The van der Waals surface area contributed by atoms with E-state index >= 15 is 0 Å². The van der Waals surface area contributed by atoms with Crippen molar-refractivity contribution in [3.8, 4) is 0 Å². The predicted octanol–water partition coefficient (Wildman–Crippen LogP) is 0.948. The van der Waals surface area contributed by atoms with Gasteiger partial charge in [-0.3, -0.25) is 19.8 Å². The number of benzene rings is 1. The summed E-state index contributed by atoms with van der Waals surface area (Å²) in [5, 5.41) is 5.91. The van der Waals surface area contributed by atoms with E-state index in [4.69, 9.17) is 0 Å². The van der Waals surface area contributed by atoms with Gasteiger partial charge < -0.3 is 10.6 Å². The zero-order valence-corrected chi connectivity index (χ0v) is 14.6. The smallest absolute Gasteiger partial charge is 0.343 e. The molecule has 1 aliphatic carbocycles. The van der Waals surface area contributed by atoms with Crippen LogP contribution in [0.5, 0.6) is 0 Å². The zero-order valence-electron chi connectivity index (χ0n) is 14.6. The van der Waals surface area contributed by atoms with Crippen molar-refractivity contribution in [2.75, 3.05) is 6.54 Å².